The van der Waals surface area contributed by atoms with Gasteiger partial charge in [-0.25, -0.2) is 13.1 Å². The summed E-state index contributed by atoms with van der Waals surface area (Å²) in [4.78, 5) is -0.00596. The standard InChI is InChI=1S/C12H16F3NO3S2/c1-2-10-4-3-9(8-17)7-11(10)21(18,19)16-5-6-20-12(13,14)15/h3-4,7,16-17H,2,5-6,8H2,1H3. The van der Waals surface area contributed by atoms with Gasteiger partial charge in [0.25, 0.3) is 0 Å². The topological polar surface area (TPSA) is 66.4 Å². The summed E-state index contributed by atoms with van der Waals surface area (Å²) in [5, 5.41) is 9.05. The maximum Gasteiger partial charge on any atom is 0.441 e. The van der Waals surface area contributed by atoms with Crippen molar-refractivity contribution in [3.05, 3.63) is 29.3 Å². The first-order valence-electron chi connectivity index (χ1n) is 6.12. The summed E-state index contributed by atoms with van der Waals surface area (Å²) < 4.78 is 62.3. The lowest BCUT2D eigenvalue weighted by Crippen LogP contribution is -2.27. The first-order chi connectivity index (χ1) is 9.69. The van der Waals surface area contributed by atoms with Crippen molar-refractivity contribution in [1.82, 2.24) is 4.72 Å². The third kappa shape index (κ3) is 5.85. The highest BCUT2D eigenvalue weighted by molar-refractivity contribution is 8.00. The highest BCUT2D eigenvalue weighted by Gasteiger charge is 2.28. The van der Waals surface area contributed by atoms with E-state index in [2.05, 4.69) is 4.72 Å². The Bertz CT molecular complexity index is 574. The third-order valence-corrected chi connectivity index (χ3v) is 4.92. The van der Waals surface area contributed by atoms with Gasteiger partial charge in [0.15, 0.2) is 0 Å². The number of aliphatic hydroxyl groups excluding tert-OH is 1. The van der Waals surface area contributed by atoms with Gasteiger partial charge < -0.3 is 5.11 Å². The number of rotatable bonds is 7. The summed E-state index contributed by atoms with van der Waals surface area (Å²) in [6.07, 6.45) is 0.458. The molecule has 1 aromatic rings. The van der Waals surface area contributed by atoms with Crippen LogP contribution in [0.25, 0.3) is 0 Å². The molecule has 9 heteroatoms. The second-order valence-electron chi connectivity index (χ2n) is 4.15. The fourth-order valence-corrected chi connectivity index (χ4v) is 3.62. The predicted octanol–water partition coefficient (Wildman–Crippen LogP) is 2.27. The summed E-state index contributed by atoms with van der Waals surface area (Å²) in [6.45, 7) is 1.14. The van der Waals surface area contributed by atoms with Crippen LogP contribution in [0.5, 0.6) is 0 Å². The lowest BCUT2D eigenvalue weighted by molar-refractivity contribution is -0.0327. The van der Waals surface area contributed by atoms with Crippen LogP contribution in [0.15, 0.2) is 23.1 Å². The van der Waals surface area contributed by atoms with Crippen molar-refractivity contribution in [3.8, 4) is 0 Å². The molecule has 0 aliphatic carbocycles. The Morgan fingerprint density at radius 2 is 2.00 bits per heavy atom. The summed E-state index contributed by atoms with van der Waals surface area (Å²) in [5.41, 5.74) is -3.41. The minimum absolute atomic E-state index is 0.00596. The van der Waals surface area contributed by atoms with E-state index in [4.69, 9.17) is 5.11 Å². The number of sulfonamides is 1. The van der Waals surface area contributed by atoms with E-state index >= 15 is 0 Å². The van der Waals surface area contributed by atoms with Gasteiger partial charge in [-0.3, -0.25) is 0 Å². The average Bonchev–Trinajstić information content (AvgIpc) is 2.42. The molecule has 21 heavy (non-hydrogen) atoms. The number of benzene rings is 1. The second-order valence-corrected chi connectivity index (χ2v) is 7.04. The zero-order valence-electron chi connectivity index (χ0n) is 11.3. The molecule has 2 N–H and O–H groups in total. The van der Waals surface area contributed by atoms with Crippen molar-refractivity contribution in [2.75, 3.05) is 12.3 Å². The fraction of sp³-hybridized carbons (Fsp3) is 0.500. The SMILES string of the molecule is CCc1ccc(CO)cc1S(=O)(=O)NCCSC(F)(F)F. The van der Waals surface area contributed by atoms with Gasteiger partial charge in [0, 0.05) is 12.3 Å². The molecule has 0 saturated carbocycles. The van der Waals surface area contributed by atoms with Gasteiger partial charge in [-0.05, 0) is 35.4 Å². The number of thioether (sulfide) groups is 1. The first kappa shape index (κ1) is 18.3. The molecule has 1 rings (SSSR count). The van der Waals surface area contributed by atoms with Crippen LogP contribution < -0.4 is 4.72 Å². The van der Waals surface area contributed by atoms with Crippen molar-refractivity contribution in [3.63, 3.8) is 0 Å². The zero-order valence-corrected chi connectivity index (χ0v) is 12.9. The van der Waals surface area contributed by atoms with Gasteiger partial charge in [0.05, 0.1) is 11.5 Å². The van der Waals surface area contributed by atoms with Crippen LogP contribution >= 0.6 is 11.8 Å². The molecule has 0 unspecified atom stereocenters. The number of halogens is 3. The molecule has 0 spiro atoms. The van der Waals surface area contributed by atoms with Crippen LogP contribution in [0.1, 0.15) is 18.1 Å². The molecular formula is C12H16F3NO3S2. The molecule has 0 amide bonds. The largest absolute Gasteiger partial charge is 0.441 e. The molecule has 0 aliphatic heterocycles. The van der Waals surface area contributed by atoms with E-state index in [0.29, 0.717) is 17.5 Å². The fourth-order valence-electron chi connectivity index (χ4n) is 1.66. The zero-order chi connectivity index (χ0) is 16.1. The molecule has 4 nitrogen and oxygen atoms in total. The number of aryl methyl sites for hydroxylation is 1. The molecule has 0 aromatic heterocycles. The normalized spacial score (nSPS) is 12.6. The minimum Gasteiger partial charge on any atom is -0.392 e. The van der Waals surface area contributed by atoms with E-state index in [9.17, 15) is 21.6 Å². The number of nitrogens with one attached hydrogen (secondary N) is 1. The number of alkyl halides is 3. The highest BCUT2D eigenvalue weighted by atomic mass is 32.2. The average molecular weight is 343 g/mol. The van der Waals surface area contributed by atoms with Crippen molar-refractivity contribution < 1.29 is 26.7 Å². The molecule has 0 fully saturated rings. The lowest BCUT2D eigenvalue weighted by atomic mass is 10.1. The molecule has 0 aliphatic rings. The summed E-state index contributed by atoms with van der Waals surface area (Å²) in [5.74, 6) is -0.399. The van der Waals surface area contributed by atoms with E-state index in [1.54, 1.807) is 19.1 Å². The van der Waals surface area contributed by atoms with Gasteiger partial charge in [-0.2, -0.15) is 13.2 Å². The minimum atomic E-state index is -4.38. The Balaban J connectivity index is 2.82. The summed E-state index contributed by atoms with van der Waals surface area (Å²) in [7, 11) is -3.90. The van der Waals surface area contributed by atoms with Crippen LogP contribution in [-0.4, -0.2) is 31.3 Å². The molecule has 0 bridgehead atoms. The Hall–Kier alpha value is -0.770. The Kier molecular flexibility index (Phi) is 6.51. The van der Waals surface area contributed by atoms with Gasteiger partial charge in [0.2, 0.25) is 10.0 Å². The first-order valence-corrected chi connectivity index (χ1v) is 8.59. The lowest BCUT2D eigenvalue weighted by Gasteiger charge is -2.12. The van der Waals surface area contributed by atoms with Crippen LogP contribution in [0, 0.1) is 0 Å². The molecule has 1 aromatic carbocycles. The van der Waals surface area contributed by atoms with Gasteiger partial charge in [-0.15, -0.1) is 0 Å². The summed E-state index contributed by atoms with van der Waals surface area (Å²) in [6, 6.07) is 4.53. The number of hydrogen-bond donors (Lipinski definition) is 2. The monoisotopic (exact) mass is 343 g/mol. The highest BCUT2D eigenvalue weighted by Crippen LogP contribution is 2.29. The number of hydrogen-bond acceptors (Lipinski definition) is 4. The number of aliphatic hydroxyl groups is 1. The van der Waals surface area contributed by atoms with E-state index in [1.807, 2.05) is 0 Å². The van der Waals surface area contributed by atoms with E-state index < -0.39 is 21.3 Å². The van der Waals surface area contributed by atoms with Crippen LogP contribution in [0.4, 0.5) is 13.2 Å². The van der Waals surface area contributed by atoms with E-state index in [1.165, 1.54) is 6.07 Å². The molecular weight excluding hydrogens is 327 g/mol. The third-order valence-electron chi connectivity index (χ3n) is 2.64. The Morgan fingerprint density at radius 1 is 1.33 bits per heavy atom. The Morgan fingerprint density at radius 3 is 2.52 bits per heavy atom. The predicted molar refractivity (Wildman–Crippen MR) is 75.4 cm³/mol. The second kappa shape index (κ2) is 7.48. The van der Waals surface area contributed by atoms with Crippen molar-refractivity contribution in [2.24, 2.45) is 0 Å². The van der Waals surface area contributed by atoms with Gasteiger partial charge in [-0.1, -0.05) is 19.1 Å². The van der Waals surface area contributed by atoms with Crippen LogP contribution in [-0.2, 0) is 23.1 Å². The quantitative estimate of drug-likeness (QED) is 0.746. The van der Waals surface area contributed by atoms with Crippen LogP contribution in [0.2, 0.25) is 0 Å². The molecule has 0 heterocycles. The van der Waals surface area contributed by atoms with Gasteiger partial charge >= 0.3 is 5.51 Å². The molecule has 0 atom stereocenters. The molecule has 0 saturated heterocycles. The Labute approximate surface area is 125 Å². The van der Waals surface area contributed by atoms with Crippen molar-refractivity contribution in [1.29, 1.82) is 0 Å². The smallest absolute Gasteiger partial charge is 0.392 e. The van der Waals surface area contributed by atoms with E-state index in [0.717, 1.165) is 0 Å². The van der Waals surface area contributed by atoms with Crippen LogP contribution in [0.3, 0.4) is 0 Å². The van der Waals surface area contributed by atoms with E-state index in [-0.39, 0.29) is 29.8 Å². The molecule has 0 radical (unpaired) electrons. The maximum atomic E-state index is 12.1. The molecule has 120 valence electrons. The summed E-state index contributed by atoms with van der Waals surface area (Å²) >= 11 is -0.280. The van der Waals surface area contributed by atoms with Crippen molar-refractivity contribution >= 4 is 21.8 Å². The van der Waals surface area contributed by atoms with Crippen molar-refractivity contribution in [2.45, 2.75) is 30.4 Å². The maximum absolute atomic E-state index is 12.1. The van der Waals surface area contributed by atoms with Gasteiger partial charge in [0.1, 0.15) is 0 Å².